The molecule has 3 rings (SSSR count). The van der Waals surface area contributed by atoms with E-state index in [-0.39, 0.29) is 18.6 Å². The molecular formula is C27H31N5O8. The minimum Gasteiger partial charge on any atom is -0.508 e. The van der Waals surface area contributed by atoms with Gasteiger partial charge >= 0.3 is 11.9 Å². The Kier molecular flexibility index (Phi) is 9.81. The molecule has 3 aromatic rings. The summed E-state index contributed by atoms with van der Waals surface area (Å²) in [6.45, 7) is 1.27. The minimum absolute atomic E-state index is 0.00695. The number of hydrogen-bond acceptors (Lipinski definition) is 7. The first-order valence-electron chi connectivity index (χ1n) is 12.4. The van der Waals surface area contributed by atoms with E-state index >= 15 is 0 Å². The highest BCUT2D eigenvalue weighted by atomic mass is 16.4. The van der Waals surface area contributed by atoms with E-state index in [2.05, 4.69) is 20.9 Å². The van der Waals surface area contributed by atoms with Crippen LogP contribution in [0.2, 0.25) is 0 Å². The molecule has 0 fully saturated rings. The van der Waals surface area contributed by atoms with E-state index in [0.717, 1.165) is 10.9 Å². The molecule has 0 aliphatic heterocycles. The topological polar surface area (TPSA) is 224 Å². The average molecular weight is 554 g/mol. The number of nitrogens with two attached hydrogens (primary N) is 1. The van der Waals surface area contributed by atoms with Crippen molar-refractivity contribution in [1.82, 2.24) is 20.9 Å². The highest BCUT2D eigenvalue weighted by molar-refractivity contribution is 5.95. The van der Waals surface area contributed by atoms with Crippen molar-refractivity contribution in [2.75, 3.05) is 0 Å². The SMILES string of the molecule is CC(NC(=O)C(Cc1ccc(O)cc1)NC(=O)C(Cc1c[nH]c2ccccc12)NC(=O)C(N)CC(=O)O)C(=O)O. The van der Waals surface area contributed by atoms with Crippen LogP contribution in [-0.4, -0.2) is 74.1 Å². The Morgan fingerprint density at radius 2 is 1.45 bits per heavy atom. The highest BCUT2D eigenvalue weighted by Gasteiger charge is 2.30. The van der Waals surface area contributed by atoms with Gasteiger partial charge in [-0.2, -0.15) is 0 Å². The number of aliphatic carboxylic acids is 2. The summed E-state index contributed by atoms with van der Waals surface area (Å²) in [5.41, 5.74) is 7.72. The third-order valence-corrected chi connectivity index (χ3v) is 6.20. The van der Waals surface area contributed by atoms with E-state index in [0.29, 0.717) is 11.1 Å². The van der Waals surface area contributed by atoms with Crippen molar-refractivity contribution in [1.29, 1.82) is 0 Å². The van der Waals surface area contributed by atoms with Gasteiger partial charge in [0.05, 0.1) is 12.5 Å². The zero-order valence-electron chi connectivity index (χ0n) is 21.6. The molecule has 0 spiro atoms. The first-order valence-corrected chi connectivity index (χ1v) is 12.4. The van der Waals surface area contributed by atoms with Crippen LogP contribution in [0.25, 0.3) is 10.9 Å². The van der Waals surface area contributed by atoms with Crippen molar-refractivity contribution >= 4 is 40.6 Å². The fraction of sp³-hybridized carbons (Fsp3) is 0.296. The quantitative estimate of drug-likeness (QED) is 0.143. The van der Waals surface area contributed by atoms with Crippen LogP contribution in [0.3, 0.4) is 0 Å². The summed E-state index contributed by atoms with van der Waals surface area (Å²) in [5.74, 6) is -5.01. The zero-order valence-corrected chi connectivity index (χ0v) is 21.6. The second-order valence-corrected chi connectivity index (χ2v) is 9.33. The smallest absolute Gasteiger partial charge is 0.325 e. The predicted octanol–water partition coefficient (Wildman–Crippen LogP) is 0.0196. The van der Waals surface area contributed by atoms with E-state index in [1.807, 2.05) is 18.2 Å². The molecule has 0 bridgehead atoms. The molecule has 2 aromatic carbocycles. The summed E-state index contributed by atoms with van der Waals surface area (Å²) in [7, 11) is 0. The van der Waals surface area contributed by atoms with Gasteiger partial charge in [-0.1, -0.05) is 30.3 Å². The van der Waals surface area contributed by atoms with Crippen molar-refractivity contribution in [3.8, 4) is 5.75 Å². The van der Waals surface area contributed by atoms with E-state index < -0.39 is 60.2 Å². The van der Waals surface area contributed by atoms with Crippen molar-refractivity contribution < 1.29 is 39.3 Å². The molecule has 0 aliphatic carbocycles. The van der Waals surface area contributed by atoms with Crippen molar-refractivity contribution in [3.63, 3.8) is 0 Å². The maximum absolute atomic E-state index is 13.5. The number of aromatic hydroxyl groups is 1. The lowest BCUT2D eigenvalue weighted by molar-refractivity contribution is -0.141. The summed E-state index contributed by atoms with van der Waals surface area (Å²) in [6, 6.07) is 7.96. The highest BCUT2D eigenvalue weighted by Crippen LogP contribution is 2.19. The number of phenols is 1. The van der Waals surface area contributed by atoms with Gasteiger partial charge in [0.2, 0.25) is 17.7 Å². The molecule has 212 valence electrons. The third kappa shape index (κ3) is 8.04. The molecular weight excluding hydrogens is 522 g/mol. The van der Waals surface area contributed by atoms with Gasteiger partial charge < -0.3 is 42.0 Å². The Labute approximate surface area is 228 Å². The van der Waals surface area contributed by atoms with Crippen LogP contribution in [0, 0.1) is 0 Å². The van der Waals surface area contributed by atoms with Crippen LogP contribution >= 0.6 is 0 Å². The molecule has 0 saturated carbocycles. The van der Waals surface area contributed by atoms with Crippen molar-refractivity contribution in [3.05, 3.63) is 65.9 Å². The lowest BCUT2D eigenvalue weighted by Crippen LogP contribution is -2.58. The molecule has 4 atom stereocenters. The molecule has 9 N–H and O–H groups in total. The van der Waals surface area contributed by atoms with Crippen LogP contribution in [0.4, 0.5) is 0 Å². The van der Waals surface area contributed by atoms with E-state index in [9.17, 15) is 34.2 Å². The third-order valence-electron chi connectivity index (χ3n) is 6.20. The summed E-state index contributed by atoms with van der Waals surface area (Å²) in [4.78, 5) is 64.7. The molecule has 1 aromatic heterocycles. The maximum atomic E-state index is 13.5. The molecule has 1 heterocycles. The fourth-order valence-electron chi connectivity index (χ4n) is 4.01. The Balaban J connectivity index is 1.88. The Morgan fingerprint density at radius 3 is 2.10 bits per heavy atom. The number of carbonyl (C=O) groups is 5. The zero-order chi connectivity index (χ0) is 29.4. The van der Waals surface area contributed by atoms with Crippen LogP contribution in [-0.2, 0) is 36.8 Å². The van der Waals surface area contributed by atoms with Gasteiger partial charge in [0, 0.05) is 29.9 Å². The summed E-state index contributed by atoms with van der Waals surface area (Å²) < 4.78 is 0. The molecule has 13 heteroatoms. The number of H-pyrrole nitrogens is 1. The van der Waals surface area contributed by atoms with Gasteiger partial charge in [0.15, 0.2) is 0 Å². The van der Waals surface area contributed by atoms with Crippen molar-refractivity contribution in [2.45, 2.75) is 50.4 Å². The first kappa shape index (κ1) is 29.6. The number of para-hydroxylation sites is 1. The molecule has 0 radical (unpaired) electrons. The number of nitrogens with one attached hydrogen (secondary N) is 4. The molecule has 0 saturated heterocycles. The number of carboxylic acid groups (broad SMARTS) is 2. The van der Waals surface area contributed by atoms with Gasteiger partial charge in [-0.15, -0.1) is 0 Å². The monoisotopic (exact) mass is 553 g/mol. The Bertz CT molecular complexity index is 1390. The summed E-state index contributed by atoms with van der Waals surface area (Å²) >= 11 is 0. The molecule has 3 amide bonds. The normalized spacial score (nSPS) is 13.9. The summed E-state index contributed by atoms with van der Waals surface area (Å²) in [6.07, 6.45) is 0.923. The molecule has 40 heavy (non-hydrogen) atoms. The van der Waals surface area contributed by atoms with E-state index in [1.165, 1.54) is 19.1 Å². The number of hydrogen-bond donors (Lipinski definition) is 8. The number of carbonyl (C=O) groups excluding carboxylic acids is 3. The van der Waals surface area contributed by atoms with Gasteiger partial charge in [-0.3, -0.25) is 24.0 Å². The molecule has 0 aliphatic rings. The number of amides is 3. The Hall–Kier alpha value is -4.91. The van der Waals surface area contributed by atoms with Crippen LogP contribution in [0.5, 0.6) is 5.75 Å². The van der Waals surface area contributed by atoms with Gasteiger partial charge in [0.25, 0.3) is 0 Å². The van der Waals surface area contributed by atoms with Crippen LogP contribution in [0.1, 0.15) is 24.5 Å². The second-order valence-electron chi connectivity index (χ2n) is 9.33. The standard InChI is InChI=1S/C27H31N5O8/c1-14(27(39)40)30-25(37)21(10-15-6-8-17(33)9-7-15)32-26(38)22(31-24(36)19(28)12-23(34)35)11-16-13-29-20-5-3-2-4-18(16)20/h2-9,13-14,19,21-22,29,33H,10-12,28H2,1H3,(H,30,37)(H,31,36)(H,32,38)(H,34,35)(H,39,40). The van der Waals surface area contributed by atoms with E-state index in [1.54, 1.807) is 24.4 Å². The average Bonchev–Trinajstić information content (AvgIpc) is 3.31. The van der Waals surface area contributed by atoms with Gasteiger partial charge in [0.1, 0.15) is 23.9 Å². The number of fused-ring (bicyclic) bond motifs is 1. The predicted molar refractivity (Wildman–Crippen MR) is 143 cm³/mol. The van der Waals surface area contributed by atoms with E-state index in [4.69, 9.17) is 10.8 Å². The fourth-order valence-corrected chi connectivity index (χ4v) is 4.01. The van der Waals surface area contributed by atoms with Crippen LogP contribution in [0.15, 0.2) is 54.7 Å². The second kappa shape index (κ2) is 13.2. The number of benzene rings is 2. The first-order chi connectivity index (χ1) is 18.9. The molecule has 4 unspecified atom stereocenters. The number of carboxylic acids is 2. The lowest BCUT2D eigenvalue weighted by atomic mass is 10.0. The van der Waals surface area contributed by atoms with Gasteiger partial charge in [-0.25, -0.2) is 0 Å². The van der Waals surface area contributed by atoms with Gasteiger partial charge in [-0.05, 0) is 36.2 Å². The minimum atomic E-state index is -1.43. The number of rotatable bonds is 13. The lowest BCUT2D eigenvalue weighted by Gasteiger charge is -2.25. The summed E-state index contributed by atoms with van der Waals surface area (Å²) in [5, 5.41) is 36.0. The number of phenolic OH excluding ortho intramolecular Hbond substituents is 1. The Morgan fingerprint density at radius 1 is 0.850 bits per heavy atom. The molecule has 13 nitrogen and oxygen atoms in total. The number of aromatic nitrogens is 1. The van der Waals surface area contributed by atoms with Crippen LogP contribution < -0.4 is 21.7 Å². The van der Waals surface area contributed by atoms with Crippen molar-refractivity contribution in [2.24, 2.45) is 5.73 Å². The number of aromatic amines is 1. The maximum Gasteiger partial charge on any atom is 0.325 e. The largest absolute Gasteiger partial charge is 0.508 e.